The van der Waals surface area contributed by atoms with Crippen LogP contribution >= 0.6 is 0 Å². The molecule has 3 nitrogen and oxygen atoms in total. The molecule has 0 aliphatic heterocycles. The van der Waals surface area contributed by atoms with Gasteiger partial charge < -0.3 is 0 Å². The molecule has 0 amide bonds. The zero-order chi connectivity index (χ0) is 10.4. The SMILES string of the molecule is Cc1ccn2ncc(C=O)c(C3CC3)c12. The first-order valence-corrected chi connectivity index (χ1v) is 5.23. The second-order valence-electron chi connectivity index (χ2n) is 4.20. The first-order valence-electron chi connectivity index (χ1n) is 5.23. The second-order valence-corrected chi connectivity index (χ2v) is 4.20. The quantitative estimate of drug-likeness (QED) is 0.697. The molecule has 2 heterocycles. The average molecular weight is 200 g/mol. The van der Waals surface area contributed by atoms with Crippen LogP contribution in [-0.2, 0) is 0 Å². The summed E-state index contributed by atoms with van der Waals surface area (Å²) in [5.74, 6) is 0.573. The molecule has 2 aromatic rings. The van der Waals surface area contributed by atoms with Gasteiger partial charge in [0.05, 0.1) is 11.7 Å². The minimum absolute atomic E-state index is 0.573. The van der Waals surface area contributed by atoms with Crippen molar-refractivity contribution in [3.8, 4) is 0 Å². The van der Waals surface area contributed by atoms with E-state index in [2.05, 4.69) is 12.0 Å². The van der Waals surface area contributed by atoms with Crippen LogP contribution in [-0.4, -0.2) is 15.9 Å². The highest BCUT2D eigenvalue weighted by Crippen LogP contribution is 2.43. The molecule has 0 N–H and O–H groups in total. The van der Waals surface area contributed by atoms with Crippen molar-refractivity contribution in [1.82, 2.24) is 9.61 Å². The summed E-state index contributed by atoms with van der Waals surface area (Å²) in [6.07, 6.45) is 6.95. The van der Waals surface area contributed by atoms with Crippen molar-refractivity contribution in [2.75, 3.05) is 0 Å². The summed E-state index contributed by atoms with van der Waals surface area (Å²) in [6, 6.07) is 2.04. The molecule has 0 unspecified atom stereocenters. The van der Waals surface area contributed by atoms with Gasteiger partial charge in [-0.25, -0.2) is 4.52 Å². The summed E-state index contributed by atoms with van der Waals surface area (Å²) in [7, 11) is 0. The summed E-state index contributed by atoms with van der Waals surface area (Å²) >= 11 is 0. The number of aldehydes is 1. The van der Waals surface area contributed by atoms with Crippen LogP contribution < -0.4 is 0 Å². The molecular weight excluding hydrogens is 188 g/mol. The molecule has 0 saturated heterocycles. The highest BCUT2D eigenvalue weighted by molar-refractivity contribution is 5.82. The maximum Gasteiger partial charge on any atom is 0.152 e. The molecule has 2 aromatic heterocycles. The highest BCUT2D eigenvalue weighted by Gasteiger charge is 2.29. The number of hydrogen-bond acceptors (Lipinski definition) is 2. The molecule has 1 fully saturated rings. The first-order chi connectivity index (χ1) is 7.31. The standard InChI is InChI=1S/C12H12N2O/c1-8-4-5-14-12(8)11(9-2-3-9)10(7-15)6-13-14/h4-7,9H,2-3H2,1H3. The van der Waals surface area contributed by atoms with Gasteiger partial charge in [0, 0.05) is 11.8 Å². The predicted octanol–water partition coefficient (Wildman–Crippen LogP) is 2.33. The maximum absolute atomic E-state index is 11.0. The second kappa shape index (κ2) is 2.92. The molecular formula is C12H12N2O. The van der Waals surface area contributed by atoms with Gasteiger partial charge in [0.15, 0.2) is 6.29 Å². The van der Waals surface area contributed by atoms with Gasteiger partial charge in [-0.3, -0.25) is 4.79 Å². The smallest absolute Gasteiger partial charge is 0.152 e. The molecule has 0 radical (unpaired) electrons. The van der Waals surface area contributed by atoms with Crippen molar-refractivity contribution >= 4 is 11.8 Å². The fraction of sp³-hybridized carbons (Fsp3) is 0.333. The average Bonchev–Trinajstić information content (AvgIpc) is 3.03. The number of carbonyl (C=O) groups excluding carboxylic acids is 1. The van der Waals surface area contributed by atoms with E-state index in [9.17, 15) is 4.79 Å². The van der Waals surface area contributed by atoms with Crippen molar-refractivity contribution in [2.45, 2.75) is 25.7 Å². The van der Waals surface area contributed by atoms with Gasteiger partial charge in [-0.15, -0.1) is 0 Å². The third kappa shape index (κ3) is 1.19. The molecule has 0 atom stereocenters. The summed E-state index contributed by atoms with van der Waals surface area (Å²) in [4.78, 5) is 11.0. The lowest BCUT2D eigenvalue weighted by atomic mass is 10.0. The van der Waals surface area contributed by atoms with E-state index in [1.54, 1.807) is 6.20 Å². The third-order valence-corrected chi connectivity index (χ3v) is 3.07. The van der Waals surface area contributed by atoms with Crippen LogP contribution in [0.1, 0.15) is 40.2 Å². The van der Waals surface area contributed by atoms with E-state index in [-0.39, 0.29) is 0 Å². The maximum atomic E-state index is 11.0. The topological polar surface area (TPSA) is 34.4 Å². The number of nitrogens with zero attached hydrogens (tertiary/aromatic N) is 2. The monoisotopic (exact) mass is 200 g/mol. The van der Waals surface area contributed by atoms with Crippen LogP contribution in [0.2, 0.25) is 0 Å². The summed E-state index contributed by atoms with van der Waals surface area (Å²) < 4.78 is 1.87. The minimum atomic E-state index is 0.573. The van der Waals surface area contributed by atoms with E-state index in [0.29, 0.717) is 5.92 Å². The van der Waals surface area contributed by atoms with Crippen LogP contribution in [0.25, 0.3) is 5.52 Å². The van der Waals surface area contributed by atoms with E-state index >= 15 is 0 Å². The van der Waals surface area contributed by atoms with Gasteiger partial charge in [0.2, 0.25) is 0 Å². The Balaban J connectivity index is 2.40. The van der Waals surface area contributed by atoms with Crippen LogP contribution in [0.3, 0.4) is 0 Å². The van der Waals surface area contributed by atoms with Gasteiger partial charge in [-0.05, 0) is 42.9 Å². The molecule has 1 aliphatic carbocycles. The molecule has 1 aliphatic rings. The van der Waals surface area contributed by atoms with Gasteiger partial charge in [-0.1, -0.05) is 0 Å². The fourth-order valence-electron chi connectivity index (χ4n) is 2.17. The number of fused-ring (bicyclic) bond motifs is 1. The molecule has 3 rings (SSSR count). The van der Waals surface area contributed by atoms with Gasteiger partial charge >= 0.3 is 0 Å². The van der Waals surface area contributed by atoms with Gasteiger partial charge in [-0.2, -0.15) is 5.10 Å². The molecule has 0 bridgehead atoms. The number of rotatable bonds is 2. The highest BCUT2D eigenvalue weighted by atomic mass is 16.1. The van der Waals surface area contributed by atoms with Crippen molar-refractivity contribution in [3.63, 3.8) is 0 Å². The molecule has 0 aromatic carbocycles. The summed E-state index contributed by atoms with van der Waals surface area (Å²) in [5, 5.41) is 4.23. The number of hydrogen-bond donors (Lipinski definition) is 0. The molecule has 15 heavy (non-hydrogen) atoms. The molecule has 1 saturated carbocycles. The lowest BCUT2D eigenvalue weighted by Gasteiger charge is -2.06. The van der Waals surface area contributed by atoms with E-state index in [4.69, 9.17) is 0 Å². The Morgan fingerprint density at radius 3 is 3.00 bits per heavy atom. The van der Waals surface area contributed by atoms with Crippen molar-refractivity contribution in [2.24, 2.45) is 0 Å². The fourth-order valence-corrected chi connectivity index (χ4v) is 2.17. The zero-order valence-electron chi connectivity index (χ0n) is 8.60. The Morgan fingerprint density at radius 1 is 1.53 bits per heavy atom. The van der Waals surface area contributed by atoms with Gasteiger partial charge in [0.1, 0.15) is 0 Å². The normalized spacial score (nSPS) is 15.8. The summed E-state index contributed by atoms with van der Waals surface area (Å²) in [5.41, 5.74) is 4.28. The van der Waals surface area contributed by atoms with Crippen molar-refractivity contribution < 1.29 is 4.79 Å². The first kappa shape index (κ1) is 8.65. The number of aryl methyl sites for hydroxylation is 1. The van der Waals surface area contributed by atoms with Crippen LogP contribution in [0, 0.1) is 6.92 Å². The van der Waals surface area contributed by atoms with Gasteiger partial charge in [0.25, 0.3) is 0 Å². The van der Waals surface area contributed by atoms with E-state index < -0.39 is 0 Å². The molecule has 76 valence electrons. The zero-order valence-corrected chi connectivity index (χ0v) is 8.60. The van der Waals surface area contributed by atoms with Crippen LogP contribution in [0.5, 0.6) is 0 Å². The molecule has 3 heteroatoms. The van der Waals surface area contributed by atoms with Crippen molar-refractivity contribution in [3.05, 3.63) is 35.2 Å². The molecule has 0 spiro atoms. The van der Waals surface area contributed by atoms with E-state index in [1.807, 2.05) is 16.8 Å². The Hall–Kier alpha value is -1.64. The Bertz CT molecular complexity index is 538. The minimum Gasteiger partial charge on any atom is -0.298 e. The Morgan fingerprint density at radius 2 is 2.33 bits per heavy atom. The van der Waals surface area contributed by atoms with E-state index in [0.717, 1.165) is 17.4 Å². The van der Waals surface area contributed by atoms with E-state index in [1.165, 1.54) is 24.0 Å². The number of carbonyl (C=O) groups is 1. The third-order valence-electron chi connectivity index (χ3n) is 3.07. The van der Waals surface area contributed by atoms with Crippen LogP contribution in [0.4, 0.5) is 0 Å². The van der Waals surface area contributed by atoms with Crippen LogP contribution in [0.15, 0.2) is 18.5 Å². The lowest BCUT2D eigenvalue weighted by Crippen LogP contribution is -2.00. The largest absolute Gasteiger partial charge is 0.298 e. The number of aromatic nitrogens is 2. The summed E-state index contributed by atoms with van der Waals surface area (Å²) in [6.45, 7) is 2.07. The predicted molar refractivity (Wildman–Crippen MR) is 57.3 cm³/mol. The van der Waals surface area contributed by atoms with Crippen molar-refractivity contribution in [1.29, 1.82) is 0 Å². The Labute approximate surface area is 87.7 Å². The lowest BCUT2D eigenvalue weighted by molar-refractivity contribution is 0.112. The Kier molecular flexibility index (Phi) is 1.69.